The molecule has 1 N–H and O–H groups in total. The Kier molecular flexibility index (Phi) is 2.82. The predicted molar refractivity (Wildman–Crippen MR) is 74.1 cm³/mol. The van der Waals surface area contributed by atoms with Crippen molar-refractivity contribution in [3.63, 3.8) is 0 Å². The topological polar surface area (TPSA) is 38.7 Å². The number of phenols is 1. The molecule has 0 heterocycles. The fourth-order valence-corrected chi connectivity index (χ4v) is 2.74. The van der Waals surface area contributed by atoms with E-state index in [0.29, 0.717) is 5.75 Å². The molecule has 0 spiro atoms. The number of rotatable bonds is 2. The number of aryl methyl sites for hydroxylation is 2. The molecule has 2 aromatic carbocycles. The third-order valence-corrected chi connectivity index (χ3v) is 3.67. The number of phenolic OH excluding ortho intramolecular Hbond substituents is 1. The van der Waals surface area contributed by atoms with Crippen LogP contribution in [-0.2, 0) is 12.8 Å². The maximum Gasteiger partial charge on any atom is 0.161 e. The standard InChI is InChI=1S/C16H16O3/c1-18-14-5-3-4-10-6-7-11-8-13(17)15(19-2)9-12(11)16(10)14/h3-5,8-9,17H,6-7H2,1-2H3. The van der Waals surface area contributed by atoms with E-state index in [1.807, 2.05) is 18.2 Å². The zero-order valence-electron chi connectivity index (χ0n) is 11.1. The molecule has 19 heavy (non-hydrogen) atoms. The van der Waals surface area contributed by atoms with Gasteiger partial charge in [-0.1, -0.05) is 12.1 Å². The summed E-state index contributed by atoms with van der Waals surface area (Å²) in [5, 5.41) is 9.88. The molecular formula is C16H16O3. The van der Waals surface area contributed by atoms with Crippen molar-refractivity contribution in [2.24, 2.45) is 0 Å². The smallest absolute Gasteiger partial charge is 0.161 e. The number of hydrogen-bond donors (Lipinski definition) is 1. The molecule has 0 bridgehead atoms. The van der Waals surface area contributed by atoms with Crippen molar-refractivity contribution < 1.29 is 14.6 Å². The average molecular weight is 256 g/mol. The van der Waals surface area contributed by atoms with E-state index in [-0.39, 0.29) is 5.75 Å². The number of methoxy groups -OCH3 is 2. The fraction of sp³-hybridized carbons (Fsp3) is 0.250. The van der Waals surface area contributed by atoms with Gasteiger partial charge >= 0.3 is 0 Å². The van der Waals surface area contributed by atoms with E-state index >= 15 is 0 Å². The minimum atomic E-state index is 0.194. The molecule has 98 valence electrons. The van der Waals surface area contributed by atoms with Gasteiger partial charge in [-0.2, -0.15) is 0 Å². The van der Waals surface area contributed by atoms with Crippen LogP contribution in [0.1, 0.15) is 11.1 Å². The first-order chi connectivity index (χ1) is 9.24. The van der Waals surface area contributed by atoms with E-state index < -0.39 is 0 Å². The van der Waals surface area contributed by atoms with Gasteiger partial charge in [-0.15, -0.1) is 0 Å². The second kappa shape index (κ2) is 4.50. The Morgan fingerprint density at radius 1 is 0.947 bits per heavy atom. The molecule has 0 aromatic heterocycles. The summed E-state index contributed by atoms with van der Waals surface area (Å²) in [6.45, 7) is 0. The van der Waals surface area contributed by atoms with Crippen LogP contribution in [-0.4, -0.2) is 19.3 Å². The van der Waals surface area contributed by atoms with Gasteiger partial charge in [-0.3, -0.25) is 0 Å². The molecule has 0 fully saturated rings. The Morgan fingerprint density at radius 3 is 2.42 bits per heavy atom. The molecule has 0 atom stereocenters. The van der Waals surface area contributed by atoms with Gasteiger partial charge in [0.15, 0.2) is 11.5 Å². The maximum absolute atomic E-state index is 9.88. The predicted octanol–water partition coefficient (Wildman–Crippen LogP) is 3.18. The third-order valence-electron chi connectivity index (χ3n) is 3.67. The lowest BCUT2D eigenvalue weighted by Gasteiger charge is -2.23. The first-order valence-electron chi connectivity index (χ1n) is 6.30. The monoisotopic (exact) mass is 256 g/mol. The highest BCUT2D eigenvalue weighted by molar-refractivity contribution is 5.80. The van der Waals surface area contributed by atoms with Crippen LogP contribution in [0.5, 0.6) is 17.2 Å². The number of aromatic hydroxyl groups is 1. The summed E-state index contributed by atoms with van der Waals surface area (Å²) in [6.07, 6.45) is 1.89. The number of benzene rings is 2. The number of fused-ring (bicyclic) bond motifs is 3. The van der Waals surface area contributed by atoms with Crippen LogP contribution in [0.25, 0.3) is 11.1 Å². The Balaban J connectivity index is 2.27. The molecule has 0 saturated heterocycles. The molecule has 1 aliphatic carbocycles. The summed E-state index contributed by atoms with van der Waals surface area (Å²) in [6, 6.07) is 9.79. The Hall–Kier alpha value is -2.16. The van der Waals surface area contributed by atoms with Crippen LogP contribution >= 0.6 is 0 Å². The minimum absolute atomic E-state index is 0.194. The van der Waals surface area contributed by atoms with E-state index in [0.717, 1.165) is 35.3 Å². The Bertz CT molecular complexity index is 618. The van der Waals surface area contributed by atoms with Gasteiger partial charge in [-0.05, 0) is 47.7 Å². The van der Waals surface area contributed by atoms with Crippen molar-refractivity contribution in [1.29, 1.82) is 0 Å². The highest BCUT2D eigenvalue weighted by atomic mass is 16.5. The zero-order chi connectivity index (χ0) is 13.4. The average Bonchev–Trinajstić information content (AvgIpc) is 2.45. The van der Waals surface area contributed by atoms with Gasteiger partial charge in [0.25, 0.3) is 0 Å². The SMILES string of the molecule is COc1cc2c(cc1O)CCc1cccc(OC)c1-2. The van der Waals surface area contributed by atoms with Gasteiger partial charge in [0, 0.05) is 5.56 Å². The molecule has 0 unspecified atom stereocenters. The van der Waals surface area contributed by atoms with Crippen LogP contribution in [0.2, 0.25) is 0 Å². The van der Waals surface area contributed by atoms with Crippen LogP contribution in [0.15, 0.2) is 30.3 Å². The van der Waals surface area contributed by atoms with Crippen LogP contribution < -0.4 is 9.47 Å². The van der Waals surface area contributed by atoms with E-state index in [9.17, 15) is 5.11 Å². The van der Waals surface area contributed by atoms with Gasteiger partial charge in [-0.25, -0.2) is 0 Å². The summed E-state index contributed by atoms with van der Waals surface area (Å²) in [4.78, 5) is 0. The first-order valence-corrected chi connectivity index (χ1v) is 6.30. The van der Waals surface area contributed by atoms with E-state index in [4.69, 9.17) is 9.47 Å². The zero-order valence-corrected chi connectivity index (χ0v) is 11.1. The largest absolute Gasteiger partial charge is 0.504 e. The van der Waals surface area contributed by atoms with Crippen LogP contribution in [0.4, 0.5) is 0 Å². The van der Waals surface area contributed by atoms with Gasteiger partial charge in [0.2, 0.25) is 0 Å². The molecule has 0 aliphatic heterocycles. The highest BCUT2D eigenvalue weighted by Crippen LogP contribution is 2.43. The van der Waals surface area contributed by atoms with Gasteiger partial charge in [0.1, 0.15) is 5.75 Å². The van der Waals surface area contributed by atoms with E-state index in [2.05, 4.69) is 6.07 Å². The van der Waals surface area contributed by atoms with Gasteiger partial charge in [0.05, 0.1) is 14.2 Å². The van der Waals surface area contributed by atoms with Crippen molar-refractivity contribution in [3.05, 3.63) is 41.5 Å². The molecular weight excluding hydrogens is 240 g/mol. The van der Waals surface area contributed by atoms with Crippen molar-refractivity contribution >= 4 is 0 Å². The van der Waals surface area contributed by atoms with Crippen molar-refractivity contribution in [3.8, 4) is 28.4 Å². The van der Waals surface area contributed by atoms with Crippen LogP contribution in [0.3, 0.4) is 0 Å². The molecule has 2 aromatic rings. The van der Waals surface area contributed by atoms with Crippen molar-refractivity contribution in [2.45, 2.75) is 12.8 Å². The molecule has 0 amide bonds. The maximum atomic E-state index is 9.88. The lowest BCUT2D eigenvalue weighted by atomic mass is 9.85. The summed E-state index contributed by atoms with van der Waals surface area (Å²) in [5.41, 5.74) is 4.62. The van der Waals surface area contributed by atoms with Gasteiger partial charge < -0.3 is 14.6 Å². The fourth-order valence-electron chi connectivity index (χ4n) is 2.74. The molecule has 3 rings (SSSR count). The summed E-state index contributed by atoms with van der Waals surface area (Å²) in [7, 11) is 3.24. The van der Waals surface area contributed by atoms with Crippen LogP contribution in [0, 0.1) is 0 Å². The number of hydrogen-bond acceptors (Lipinski definition) is 3. The Morgan fingerprint density at radius 2 is 1.68 bits per heavy atom. The minimum Gasteiger partial charge on any atom is -0.504 e. The molecule has 0 saturated carbocycles. The van der Waals surface area contributed by atoms with E-state index in [1.165, 1.54) is 5.56 Å². The highest BCUT2D eigenvalue weighted by Gasteiger charge is 2.21. The van der Waals surface area contributed by atoms with Crippen molar-refractivity contribution in [1.82, 2.24) is 0 Å². The first kappa shape index (κ1) is 11.9. The normalized spacial score (nSPS) is 12.5. The molecule has 3 nitrogen and oxygen atoms in total. The summed E-state index contributed by atoms with van der Waals surface area (Å²) >= 11 is 0. The second-order valence-electron chi connectivity index (χ2n) is 4.68. The molecule has 3 heteroatoms. The molecule has 1 aliphatic rings. The molecule has 0 radical (unpaired) electrons. The van der Waals surface area contributed by atoms with E-state index in [1.54, 1.807) is 20.3 Å². The quantitative estimate of drug-likeness (QED) is 0.897. The second-order valence-corrected chi connectivity index (χ2v) is 4.68. The summed E-state index contributed by atoms with van der Waals surface area (Å²) in [5.74, 6) is 1.56. The number of ether oxygens (including phenoxy) is 2. The lowest BCUT2D eigenvalue weighted by molar-refractivity contribution is 0.373. The van der Waals surface area contributed by atoms with Crippen molar-refractivity contribution in [2.75, 3.05) is 14.2 Å². The Labute approximate surface area is 112 Å². The third kappa shape index (κ3) is 1.82. The lowest BCUT2D eigenvalue weighted by Crippen LogP contribution is -2.05. The summed E-state index contributed by atoms with van der Waals surface area (Å²) < 4.78 is 10.7.